The fourth-order valence-corrected chi connectivity index (χ4v) is 1.39. The van der Waals surface area contributed by atoms with E-state index in [1.807, 2.05) is 0 Å². The number of anilines is 2. The van der Waals surface area contributed by atoms with Crippen LogP contribution in [0.2, 0.25) is 0 Å². The number of esters is 2. The summed E-state index contributed by atoms with van der Waals surface area (Å²) in [5.74, 6) is -0.859. The van der Waals surface area contributed by atoms with Crippen LogP contribution in [-0.4, -0.2) is 59.1 Å². The molecule has 0 atom stereocenters. The molecule has 1 rings (SSSR count). The summed E-state index contributed by atoms with van der Waals surface area (Å²) in [6.07, 6.45) is 0. The van der Waals surface area contributed by atoms with Crippen LogP contribution in [0.3, 0.4) is 0 Å². The minimum atomic E-state index is -0.510. The van der Waals surface area contributed by atoms with E-state index in [1.54, 1.807) is 0 Å². The quantitative estimate of drug-likeness (QED) is 0.572. The number of hydrogen-bond acceptors (Lipinski definition) is 10. The summed E-state index contributed by atoms with van der Waals surface area (Å²) < 4.78 is 9.09. The van der Waals surface area contributed by atoms with E-state index in [-0.39, 0.29) is 37.4 Å². The van der Waals surface area contributed by atoms with Crippen molar-refractivity contribution >= 4 is 23.8 Å². The van der Waals surface area contributed by atoms with E-state index in [0.29, 0.717) is 0 Å². The highest BCUT2D eigenvalue weighted by molar-refractivity contribution is 5.74. The molecule has 0 aromatic carbocycles. The molecule has 0 radical (unpaired) electrons. The third-order valence-corrected chi connectivity index (χ3v) is 2.24. The van der Waals surface area contributed by atoms with Gasteiger partial charge in [0.05, 0.1) is 33.9 Å². The monoisotopic (exact) mass is 284 g/mol. The first kappa shape index (κ1) is 15.6. The first-order chi connectivity index (χ1) is 9.44. The summed E-state index contributed by atoms with van der Waals surface area (Å²) in [4.78, 5) is 35.4. The first-order valence-electron chi connectivity index (χ1n) is 5.56. The van der Waals surface area contributed by atoms with Gasteiger partial charge in [0.1, 0.15) is 5.82 Å². The number of nitrogens with zero attached hydrogens (tertiary/aromatic N) is 4. The minimum absolute atomic E-state index is 0.0383. The third kappa shape index (κ3) is 5.02. The molecule has 0 aliphatic carbocycles. The summed E-state index contributed by atoms with van der Waals surface area (Å²) in [5.41, 5.74) is 10.9. The Labute approximate surface area is 115 Å². The topological polar surface area (TPSA) is 147 Å². The fraction of sp³-hybridized carbons (Fsp3) is 0.500. The van der Waals surface area contributed by atoms with Crippen molar-refractivity contribution in [1.82, 2.24) is 19.9 Å². The van der Waals surface area contributed by atoms with E-state index >= 15 is 0 Å². The zero-order valence-corrected chi connectivity index (χ0v) is 11.2. The number of aromatic nitrogens is 3. The molecule has 1 aromatic rings. The molecule has 110 valence electrons. The molecule has 1 aromatic heterocycles. The molecule has 10 nitrogen and oxygen atoms in total. The van der Waals surface area contributed by atoms with Gasteiger partial charge in [-0.25, -0.2) is 0 Å². The molecular weight excluding hydrogens is 268 g/mol. The lowest BCUT2D eigenvalue weighted by molar-refractivity contribution is -0.145. The standard InChI is InChI=1S/C10H16N6O4/c1-19-7(17)4-16(5-8(18)20-2)3-6-13-9(11)15-10(12)14-6/h3-5H2,1-2H3,(H4,11,12,13,14,15). The number of nitrogens with two attached hydrogens (primary N) is 2. The smallest absolute Gasteiger partial charge is 0.319 e. The SMILES string of the molecule is COC(=O)CN(CC(=O)OC)Cc1nc(N)nc(N)n1. The average molecular weight is 284 g/mol. The molecule has 20 heavy (non-hydrogen) atoms. The number of ether oxygens (including phenoxy) is 2. The molecule has 4 N–H and O–H groups in total. The zero-order chi connectivity index (χ0) is 15.1. The van der Waals surface area contributed by atoms with E-state index in [1.165, 1.54) is 19.1 Å². The van der Waals surface area contributed by atoms with Crippen LogP contribution in [0, 0.1) is 0 Å². The number of rotatable bonds is 6. The number of hydrogen-bond donors (Lipinski definition) is 2. The van der Waals surface area contributed by atoms with Gasteiger partial charge in [-0.1, -0.05) is 0 Å². The van der Waals surface area contributed by atoms with Crippen LogP contribution >= 0.6 is 0 Å². The maximum absolute atomic E-state index is 11.3. The van der Waals surface area contributed by atoms with Gasteiger partial charge in [-0.2, -0.15) is 15.0 Å². The maximum Gasteiger partial charge on any atom is 0.319 e. The van der Waals surface area contributed by atoms with Gasteiger partial charge in [-0.15, -0.1) is 0 Å². The second kappa shape index (κ2) is 7.19. The van der Waals surface area contributed by atoms with Gasteiger partial charge >= 0.3 is 11.9 Å². The van der Waals surface area contributed by atoms with Crippen LogP contribution < -0.4 is 11.5 Å². The van der Waals surface area contributed by atoms with Crippen LogP contribution in [0.25, 0.3) is 0 Å². The normalized spacial score (nSPS) is 10.3. The van der Waals surface area contributed by atoms with Crippen LogP contribution in [0.4, 0.5) is 11.9 Å². The fourth-order valence-electron chi connectivity index (χ4n) is 1.39. The molecule has 0 saturated heterocycles. The molecule has 0 spiro atoms. The first-order valence-corrected chi connectivity index (χ1v) is 5.56. The van der Waals surface area contributed by atoms with E-state index in [4.69, 9.17) is 11.5 Å². The third-order valence-electron chi connectivity index (χ3n) is 2.24. The summed E-state index contributed by atoms with van der Waals surface area (Å²) in [6, 6.07) is 0. The molecule has 0 unspecified atom stereocenters. The molecular formula is C10H16N6O4. The van der Waals surface area contributed by atoms with Crippen molar-refractivity contribution in [2.24, 2.45) is 0 Å². The van der Waals surface area contributed by atoms with Gasteiger partial charge in [-0.3, -0.25) is 14.5 Å². The lowest BCUT2D eigenvalue weighted by Gasteiger charge is -2.18. The largest absolute Gasteiger partial charge is 0.468 e. The Morgan fingerprint density at radius 2 is 1.45 bits per heavy atom. The number of carbonyl (C=O) groups excluding carboxylic acids is 2. The predicted octanol–water partition coefficient (Wildman–Crippen LogP) is -1.82. The Balaban J connectivity index is 2.81. The van der Waals surface area contributed by atoms with Crippen LogP contribution in [0.15, 0.2) is 0 Å². The molecule has 0 amide bonds. The Morgan fingerprint density at radius 3 is 1.85 bits per heavy atom. The van der Waals surface area contributed by atoms with Crippen molar-refractivity contribution in [2.75, 3.05) is 38.8 Å². The van der Waals surface area contributed by atoms with Gasteiger partial charge < -0.3 is 20.9 Å². The van der Waals surface area contributed by atoms with Crippen molar-refractivity contribution < 1.29 is 19.1 Å². The predicted molar refractivity (Wildman–Crippen MR) is 68.0 cm³/mol. The lowest BCUT2D eigenvalue weighted by atomic mass is 10.4. The Bertz CT molecular complexity index is 456. The van der Waals surface area contributed by atoms with E-state index < -0.39 is 11.9 Å². The van der Waals surface area contributed by atoms with E-state index in [2.05, 4.69) is 24.4 Å². The lowest BCUT2D eigenvalue weighted by Crippen LogP contribution is -2.35. The van der Waals surface area contributed by atoms with Crippen molar-refractivity contribution in [2.45, 2.75) is 6.54 Å². The molecule has 0 fully saturated rings. The second-order valence-electron chi connectivity index (χ2n) is 3.77. The van der Waals surface area contributed by atoms with Gasteiger partial charge in [0.2, 0.25) is 11.9 Å². The molecule has 0 saturated carbocycles. The van der Waals surface area contributed by atoms with Gasteiger partial charge in [0.25, 0.3) is 0 Å². The summed E-state index contributed by atoms with van der Waals surface area (Å²) >= 11 is 0. The van der Waals surface area contributed by atoms with Crippen molar-refractivity contribution in [3.63, 3.8) is 0 Å². The van der Waals surface area contributed by atoms with Crippen molar-refractivity contribution in [1.29, 1.82) is 0 Å². The molecule has 1 heterocycles. The number of methoxy groups -OCH3 is 2. The Morgan fingerprint density at radius 1 is 1.00 bits per heavy atom. The van der Waals surface area contributed by atoms with Gasteiger partial charge in [-0.05, 0) is 0 Å². The molecule has 0 bridgehead atoms. The highest BCUT2D eigenvalue weighted by atomic mass is 16.5. The average Bonchev–Trinajstić information content (AvgIpc) is 2.36. The van der Waals surface area contributed by atoms with Crippen molar-refractivity contribution in [3.05, 3.63) is 5.82 Å². The maximum atomic E-state index is 11.3. The summed E-state index contributed by atoms with van der Waals surface area (Å²) in [6.45, 7) is -0.185. The molecule has 10 heteroatoms. The minimum Gasteiger partial charge on any atom is -0.468 e. The van der Waals surface area contributed by atoms with Crippen molar-refractivity contribution in [3.8, 4) is 0 Å². The van der Waals surface area contributed by atoms with E-state index in [0.717, 1.165) is 0 Å². The Kier molecular flexibility index (Phi) is 5.59. The summed E-state index contributed by atoms with van der Waals surface area (Å²) in [7, 11) is 2.50. The van der Waals surface area contributed by atoms with Crippen LogP contribution in [0.1, 0.15) is 5.82 Å². The highest BCUT2D eigenvalue weighted by Gasteiger charge is 2.17. The van der Waals surface area contributed by atoms with Gasteiger partial charge in [0.15, 0.2) is 0 Å². The van der Waals surface area contributed by atoms with Gasteiger partial charge in [0, 0.05) is 0 Å². The van der Waals surface area contributed by atoms with Crippen LogP contribution in [0.5, 0.6) is 0 Å². The molecule has 0 aliphatic heterocycles. The summed E-state index contributed by atoms with van der Waals surface area (Å²) in [5, 5.41) is 0. The zero-order valence-electron chi connectivity index (χ0n) is 11.2. The second-order valence-corrected chi connectivity index (χ2v) is 3.77. The molecule has 0 aliphatic rings. The number of nitrogen functional groups attached to an aromatic ring is 2. The van der Waals surface area contributed by atoms with E-state index in [9.17, 15) is 9.59 Å². The Hall–Kier alpha value is -2.49. The number of carbonyl (C=O) groups is 2. The van der Waals surface area contributed by atoms with Crippen LogP contribution in [-0.2, 0) is 25.6 Å². The highest BCUT2D eigenvalue weighted by Crippen LogP contribution is 2.03.